The molecule has 2 aromatic carbocycles. The third-order valence-corrected chi connectivity index (χ3v) is 5.84. The van der Waals surface area contributed by atoms with Crippen LogP contribution >= 0.6 is 0 Å². The molecule has 3 aromatic rings. The Morgan fingerprint density at radius 3 is 2.54 bits per heavy atom. The van der Waals surface area contributed by atoms with E-state index in [0.717, 1.165) is 38.0 Å². The summed E-state index contributed by atoms with van der Waals surface area (Å²) in [4.78, 5) is 29.0. The van der Waals surface area contributed by atoms with Crippen LogP contribution in [0.1, 0.15) is 36.9 Å². The van der Waals surface area contributed by atoms with Crippen molar-refractivity contribution >= 4 is 10.9 Å². The van der Waals surface area contributed by atoms with E-state index in [1.807, 2.05) is 43.3 Å². The van der Waals surface area contributed by atoms with Crippen LogP contribution in [-0.4, -0.2) is 33.7 Å². The number of fused-ring (bicyclic) bond motifs is 1. The number of hydrogen-bond donors (Lipinski definition) is 0. The van der Waals surface area contributed by atoms with Crippen LogP contribution in [0.5, 0.6) is 0 Å². The standard InChI is InChI=1S/C23H27N3O2/c1-3-24-14-6-7-19(16-24)26-22(27)20-8-4-5-9-21(20)25(23(26)28)15-18-12-10-17(2)11-13-18/h4-5,8-13,19H,3,6-7,14-16H2,1-2H3. The zero-order valence-corrected chi connectivity index (χ0v) is 16.6. The van der Waals surface area contributed by atoms with Gasteiger partial charge in [0.2, 0.25) is 0 Å². The first kappa shape index (κ1) is 18.7. The highest BCUT2D eigenvalue weighted by molar-refractivity contribution is 5.78. The molecule has 2 heterocycles. The molecule has 0 N–H and O–H groups in total. The smallest absolute Gasteiger partial charge is 0.302 e. The maximum absolute atomic E-state index is 13.5. The van der Waals surface area contributed by atoms with Gasteiger partial charge in [-0.2, -0.15) is 0 Å². The lowest BCUT2D eigenvalue weighted by molar-refractivity contribution is 0.179. The first-order valence-electron chi connectivity index (χ1n) is 10.1. The van der Waals surface area contributed by atoms with Crippen LogP contribution in [0.25, 0.3) is 10.9 Å². The molecule has 0 spiro atoms. The van der Waals surface area contributed by atoms with E-state index in [1.54, 1.807) is 4.57 Å². The normalized spacial score (nSPS) is 17.9. The highest BCUT2D eigenvalue weighted by Gasteiger charge is 2.25. The Balaban J connectivity index is 1.87. The predicted molar refractivity (Wildman–Crippen MR) is 113 cm³/mol. The number of benzene rings is 2. The van der Waals surface area contributed by atoms with Gasteiger partial charge >= 0.3 is 5.69 Å². The van der Waals surface area contributed by atoms with Crippen molar-refractivity contribution in [1.82, 2.24) is 14.0 Å². The van der Waals surface area contributed by atoms with Crippen LogP contribution in [0.3, 0.4) is 0 Å². The van der Waals surface area contributed by atoms with Gasteiger partial charge in [-0.3, -0.25) is 13.9 Å². The molecule has 0 radical (unpaired) electrons. The van der Waals surface area contributed by atoms with E-state index in [2.05, 4.69) is 24.0 Å². The van der Waals surface area contributed by atoms with Crippen molar-refractivity contribution in [3.05, 3.63) is 80.5 Å². The van der Waals surface area contributed by atoms with Crippen molar-refractivity contribution in [2.24, 2.45) is 0 Å². The first-order chi connectivity index (χ1) is 13.6. The summed E-state index contributed by atoms with van der Waals surface area (Å²) in [6.45, 7) is 7.37. The first-order valence-corrected chi connectivity index (χ1v) is 10.1. The number of aromatic nitrogens is 2. The number of aryl methyl sites for hydroxylation is 1. The fraction of sp³-hybridized carbons (Fsp3) is 0.391. The lowest BCUT2D eigenvalue weighted by atomic mass is 10.1. The molecule has 1 unspecified atom stereocenters. The van der Waals surface area contributed by atoms with E-state index in [0.29, 0.717) is 17.4 Å². The van der Waals surface area contributed by atoms with Gasteiger partial charge in [0.1, 0.15) is 0 Å². The van der Waals surface area contributed by atoms with Crippen LogP contribution < -0.4 is 11.2 Å². The summed E-state index contributed by atoms with van der Waals surface area (Å²) in [5.74, 6) is 0. The fourth-order valence-corrected chi connectivity index (χ4v) is 4.22. The minimum atomic E-state index is -0.202. The monoisotopic (exact) mass is 377 g/mol. The van der Waals surface area contributed by atoms with Gasteiger partial charge in [0.15, 0.2) is 0 Å². The van der Waals surface area contributed by atoms with Crippen LogP contribution in [-0.2, 0) is 6.54 Å². The second-order valence-electron chi connectivity index (χ2n) is 7.74. The number of likely N-dealkylation sites (N-methyl/N-ethyl adjacent to an activating group) is 1. The van der Waals surface area contributed by atoms with Gasteiger partial charge in [0.05, 0.1) is 23.5 Å². The Kier molecular flexibility index (Phi) is 5.18. The van der Waals surface area contributed by atoms with Crippen molar-refractivity contribution in [2.45, 2.75) is 39.3 Å². The number of nitrogens with zero attached hydrogens (tertiary/aromatic N) is 3. The number of para-hydroxylation sites is 1. The maximum atomic E-state index is 13.5. The lowest BCUT2D eigenvalue weighted by Crippen LogP contribution is -2.47. The van der Waals surface area contributed by atoms with Crippen molar-refractivity contribution in [1.29, 1.82) is 0 Å². The largest absolute Gasteiger partial charge is 0.332 e. The van der Waals surface area contributed by atoms with Crippen molar-refractivity contribution in [2.75, 3.05) is 19.6 Å². The molecular formula is C23H27N3O2. The summed E-state index contributed by atoms with van der Waals surface area (Å²) < 4.78 is 3.27. The second-order valence-corrected chi connectivity index (χ2v) is 7.74. The van der Waals surface area contributed by atoms with E-state index in [1.165, 1.54) is 10.1 Å². The van der Waals surface area contributed by atoms with Gasteiger partial charge in [-0.15, -0.1) is 0 Å². The van der Waals surface area contributed by atoms with Crippen molar-refractivity contribution in [3.8, 4) is 0 Å². The Hall–Kier alpha value is -2.66. The lowest BCUT2D eigenvalue weighted by Gasteiger charge is -2.32. The minimum Gasteiger partial charge on any atom is -0.302 e. The summed E-state index contributed by atoms with van der Waals surface area (Å²) in [5.41, 5.74) is 2.59. The Morgan fingerprint density at radius 2 is 1.79 bits per heavy atom. The van der Waals surface area contributed by atoms with E-state index >= 15 is 0 Å². The molecule has 28 heavy (non-hydrogen) atoms. The summed E-state index contributed by atoms with van der Waals surface area (Å²) in [6.07, 6.45) is 1.88. The van der Waals surface area contributed by atoms with Gasteiger partial charge in [-0.05, 0) is 50.6 Å². The quantitative estimate of drug-likeness (QED) is 0.702. The third kappa shape index (κ3) is 3.42. The Bertz CT molecular complexity index is 1100. The van der Waals surface area contributed by atoms with Crippen LogP contribution in [0.2, 0.25) is 0 Å². The minimum absolute atomic E-state index is 0.0671. The molecule has 1 saturated heterocycles. The second kappa shape index (κ2) is 7.76. The number of likely N-dealkylation sites (tertiary alicyclic amines) is 1. The van der Waals surface area contributed by atoms with Crippen LogP contribution in [0, 0.1) is 6.92 Å². The number of rotatable bonds is 4. The molecule has 5 heteroatoms. The Labute approximate surface area is 164 Å². The zero-order valence-electron chi connectivity index (χ0n) is 16.6. The SMILES string of the molecule is CCN1CCCC(n2c(=O)c3ccccc3n(Cc3ccc(C)cc3)c2=O)C1. The van der Waals surface area contributed by atoms with E-state index in [-0.39, 0.29) is 17.3 Å². The number of piperidine rings is 1. The van der Waals surface area contributed by atoms with E-state index in [9.17, 15) is 9.59 Å². The molecular weight excluding hydrogens is 350 g/mol. The molecule has 1 fully saturated rings. The molecule has 0 aliphatic carbocycles. The summed E-state index contributed by atoms with van der Waals surface area (Å²) in [7, 11) is 0. The van der Waals surface area contributed by atoms with Gasteiger partial charge in [0.25, 0.3) is 5.56 Å². The molecule has 1 aliphatic rings. The zero-order chi connectivity index (χ0) is 19.7. The third-order valence-electron chi connectivity index (χ3n) is 5.84. The van der Waals surface area contributed by atoms with Crippen molar-refractivity contribution < 1.29 is 0 Å². The van der Waals surface area contributed by atoms with Crippen LogP contribution in [0.4, 0.5) is 0 Å². The molecule has 146 valence electrons. The number of hydrogen-bond acceptors (Lipinski definition) is 3. The molecule has 4 rings (SSSR count). The molecule has 1 aromatic heterocycles. The van der Waals surface area contributed by atoms with Crippen molar-refractivity contribution in [3.63, 3.8) is 0 Å². The van der Waals surface area contributed by atoms with E-state index < -0.39 is 0 Å². The van der Waals surface area contributed by atoms with Gasteiger partial charge in [-0.25, -0.2) is 4.79 Å². The molecule has 1 atom stereocenters. The van der Waals surface area contributed by atoms with Crippen LogP contribution in [0.15, 0.2) is 58.1 Å². The topological polar surface area (TPSA) is 47.2 Å². The van der Waals surface area contributed by atoms with Gasteiger partial charge in [-0.1, -0.05) is 48.9 Å². The average molecular weight is 377 g/mol. The van der Waals surface area contributed by atoms with Gasteiger partial charge in [0, 0.05) is 6.54 Å². The molecule has 1 aliphatic heterocycles. The average Bonchev–Trinajstić information content (AvgIpc) is 2.73. The summed E-state index contributed by atoms with van der Waals surface area (Å²) in [6, 6.07) is 15.6. The molecule has 0 bridgehead atoms. The summed E-state index contributed by atoms with van der Waals surface area (Å²) in [5, 5.41) is 0.614. The maximum Gasteiger partial charge on any atom is 0.332 e. The predicted octanol–water partition coefficient (Wildman–Crippen LogP) is 3.18. The highest BCUT2D eigenvalue weighted by Crippen LogP contribution is 2.20. The molecule has 0 amide bonds. The molecule has 5 nitrogen and oxygen atoms in total. The van der Waals surface area contributed by atoms with Gasteiger partial charge < -0.3 is 4.90 Å². The fourth-order valence-electron chi connectivity index (χ4n) is 4.22. The molecule has 0 saturated carbocycles. The Morgan fingerprint density at radius 1 is 1.04 bits per heavy atom. The summed E-state index contributed by atoms with van der Waals surface area (Å²) >= 11 is 0. The van der Waals surface area contributed by atoms with E-state index in [4.69, 9.17) is 0 Å². The highest BCUT2D eigenvalue weighted by atomic mass is 16.2.